The van der Waals surface area contributed by atoms with Gasteiger partial charge in [0.2, 0.25) is 11.8 Å². The molecule has 1 heterocycles. The summed E-state index contributed by atoms with van der Waals surface area (Å²) in [7, 11) is 0. The van der Waals surface area contributed by atoms with Gasteiger partial charge in [-0.05, 0) is 50.3 Å². The number of piperazine rings is 1. The third-order valence-corrected chi connectivity index (χ3v) is 5.16. The Balaban J connectivity index is 1.92. The van der Waals surface area contributed by atoms with Gasteiger partial charge in [-0.25, -0.2) is 0 Å². The minimum absolute atomic E-state index is 0.00641. The fourth-order valence-electron chi connectivity index (χ4n) is 3.06. The summed E-state index contributed by atoms with van der Waals surface area (Å²) in [5.41, 5.74) is 0.330. The quantitative estimate of drug-likeness (QED) is 0.910. The second-order valence-corrected chi connectivity index (χ2v) is 7.08. The van der Waals surface area contributed by atoms with E-state index in [1.165, 1.54) is 0 Å². The van der Waals surface area contributed by atoms with Crippen molar-refractivity contribution in [2.75, 3.05) is 0 Å². The molecule has 112 valence electrons. The third kappa shape index (κ3) is 2.48. The predicted octanol–water partition coefficient (Wildman–Crippen LogP) is 2.46. The van der Waals surface area contributed by atoms with Gasteiger partial charge >= 0.3 is 0 Å². The maximum Gasteiger partial charge on any atom is 0.246 e. The Labute approximate surface area is 133 Å². The average molecular weight is 351 g/mol. The molecule has 1 aromatic rings. The van der Waals surface area contributed by atoms with E-state index in [0.29, 0.717) is 6.54 Å². The number of halogens is 1. The molecule has 1 aliphatic heterocycles. The lowest BCUT2D eigenvalue weighted by molar-refractivity contribution is -0.158. The van der Waals surface area contributed by atoms with Crippen LogP contribution in [0.5, 0.6) is 0 Å². The number of rotatable bonds is 3. The number of amides is 2. The molecule has 1 saturated carbocycles. The van der Waals surface area contributed by atoms with E-state index >= 15 is 0 Å². The lowest BCUT2D eigenvalue weighted by Gasteiger charge is -2.46. The summed E-state index contributed by atoms with van der Waals surface area (Å²) in [5, 5.41) is 2.83. The van der Waals surface area contributed by atoms with Gasteiger partial charge in [-0.15, -0.1) is 0 Å². The normalized spacial score (nSPS) is 29.5. The van der Waals surface area contributed by atoms with Gasteiger partial charge in [0.15, 0.2) is 0 Å². The van der Waals surface area contributed by atoms with Gasteiger partial charge < -0.3 is 10.2 Å². The maximum absolute atomic E-state index is 12.6. The Morgan fingerprint density at radius 3 is 2.48 bits per heavy atom. The molecule has 3 rings (SSSR count). The Kier molecular flexibility index (Phi) is 3.56. The number of hydrogen-bond donors (Lipinski definition) is 1. The van der Waals surface area contributed by atoms with Crippen molar-refractivity contribution in [3.8, 4) is 0 Å². The zero-order valence-corrected chi connectivity index (χ0v) is 13.8. The van der Waals surface area contributed by atoms with E-state index in [0.717, 1.165) is 22.9 Å². The highest BCUT2D eigenvalue weighted by atomic mass is 79.9. The second kappa shape index (κ2) is 5.13. The van der Waals surface area contributed by atoms with Crippen LogP contribution in [0.15, 0.2) is 28.7 Å². The largest absolute Gasteiger partial charge is 0.343 e. The summed E-state index contributed by atoms with van der Waals surface area (Å²) in [4.78, 5) is 26.9. The molecule has 0 bridgehead atoms. The van der Waals surface area contributed by atoms with Crippen molar-refractivity contribution in [2.24, 2.45) is 5.92 Å². The number of benzene rings is 1. The lowest BCUT2D eigenvalue weighted by atomic mass is 9.88. The molecular weight excluding hydrogens is 332 g/mol. The molecule has 2 unspecified atom stereocenters. The lowest BCUT2D eigenvalue weighted by Crippen LogP contribution is -2.69. The van der Waals surface area contributed by atoms with Crippen LogP contribution in [0.4, 0.5) is 0 Å². The van der Waals surface area contributed by atoms with Gasteiger partial charge in [-0.2, -0.15) is 0 Å². The van der Waals surface area contributed by atoms with E-state index in [9.17, 15) is 9.59 Å². The summed E-state index contributed by atoms with van der Waals surface area (Å²) in [5.74, 6) is 0.269. The Morgan fingerprint density at radius 2 is 1.90 bits per heavy atom. The fraction of sp³-hybridized carbons (Fsp3) is 0.500. The summed E-state index contributed by atoms with van der Waals surface area (Å²) in [6.07, 6.45) is 2.03. The minimum atomic E-state index is -0.712. The van der Waals surface area contributed by atoms with Crippen LogP contribution in [0.3, 0.4) is 0 Å². The number of nitrogens with one attached hydrogen (secondary N) is 1. The Bertz CT molecular complexity index is 582. The molecule has 1 aliphatic carbocycles. The second-order valence-electron chi connectivity index (χ2n) is 6.17. The monoisotopic (exact) mass is 350 g/mol. The van der Waals surface area contributed by atoms with Crippen LogP contribution >= 0.6 is 15.9 Å². The first kappa shape index (κ1) is 14.6. The van der Waals surface area contributed by atoms with Crippen molar-refractivity contribution in [2.45, 2.75) is 44.8 Å². The van der Waals surface area contributed by atoms with E-state index in [2.05, 4.69) is 21.2 Å². The smallest absolute Gasteiger partial charge is 0.246 e. The summed E-state index contributed by atoms with van der Waals surface area (Å²) in [6.45, 7) is 4.14. The predicted molar refractivity (Wildman–Crippen MR) is 83.4 cm³/mol. The van der Waals surface area contributed by atoms with Crippen LogP contribution in [-0.2, 0) is 16.1 Å². The highest BCUT2D eigenvalue weighted by Gasteiger charge is 2.56. The van der Waals surface area contributed by atoms with E-state index in [4.69, 9.17) is 0 Å². The molecule has 5 heteroatoms. The minimum Gasteiger partial charge on any atom is -0.343 e. The molecule has 4 nitrogen and oxygen atoms in total. The molecule has 2 fully saturated rings. The van der Waals surface area contributed by atoms with Gasteiger partial charge in [-0.3, -0.25) is 9.59 Å². The zero-order chi connectivity index (χ0) is 15.2. The molecule has 0 radical (unpaired) electrons. The van der Waals surface area contributed by atoms with Gasteiger partial charge in [0.1, 0.15) is 11.6 Å². The third-order valence-electron chi connectivity index (χ3n) is 4.63. The van der Waals surface area contributed by atoms with Crippen LogP contribution in [0.2, 0.25) is 0 Å². The van der Waals surface area contributed by atoms with Gasteiger partial charge in [0, 0.05) is 11.0 Å². The SMILES string of the molecule is CC1NC(=O)C(C)(C2CC2)N(Cc2ccc(Br)cc2)C1=O. The molecule has 0 spiro atoms. The molecule has 2 amide bonds. The molecule has 2 atom stereocenters. The van der Waals surface area contributed by atoms with E-state index < -0.39 is 11.6 Å². The molecule has 1 aromatic carbocycles. The molecule has 1 N–H and O–H groups in total. The number of carbonyl (C=O) groups is 2. The molecule has 21 heavy (non-hydrogen) atoms. The Morgan fingerprint density at radius 1 is 1.29 bits per heavy atom. The van der Waals surface area contributed by atoms with E-state index in [1.54, 1.807) is 11.8 Å². The van der Waals surface area contributed by atoms with Crippen LogP contribution in [0, 0.1) is 5.92 Å². The first-order valence-corrected chi connectivity index (χ1v) is 8.09. The van der Waals surface area contributed by atoms with E-state index in [1.807, 2.05) is 31.2 Å². The van der Waals surface area contributed by atoms with Crippen molar-refractivity contribution in [3.63, 3.8) is 0 Å². The fourth-order valence-corrected chi connectivity index (χ4v) is 3.32. The highest BCUT2D eigenvalue weighted by molar-refractivity contribution is 9.10. The standard InChI is InChI=1S/C16H19BrN2O2/c1-10-14(20)19(9-11-3-7-13(17)8-4-11)16(2,12-5-6-12)15(21)18-10/h3-4,7-8,10,12H,5-6,9H2,1-2H3,(H,18,21). The Hall–Kier alpha value is -1.36. The first-order chi connectivity index (χ1) is 9.92. The molecule has 0 aromatic heterocycles. The maximum atomic E-state index is 12.6. The van der Waals surface area contributed by atoms with Crippen LogP contribution in [0.1, 0.15) is 32.3 Å². The number of hydrogen-bond acceptors (Lipinski definition) is 2. The van der Waals surface area contributed by atoms with Crippen molar-refractivity contribution >= 4 is 27.7 Å². The summed E-state index contributed by atoms with van der Waals surface area (Å²) >= 11 is 3.41. The average Bonchev–Trinajstić information content (AvgIpc) is 3.28. The summed E-state index contributed by atoms with van der Waals surface area (Å²) in [6, 6.07) is 7.45. The zero-order valence-electron chi connectivity index (χ0n) is 12.2. The van der Waals surface area contributed by atoms with Crippen molar-refractivity contribution in [1.29, 1.82) is 0 Å². The molecular formula is C16H19BrN2O2. The van der Waals surface area contributed by atoms with E-state index in [-0.39, 0.29) is 17.7 Å². The number of carbonyl (C=O) groups excluding carboxylic acids is 2. The molecule has 2 aliphatic rings. The van der Waals surface area contributed by atoms with Gasteiger partial charge in [-0.1, -0.05) is 28.1 Å². The van der Waals surface area contributed by atoms with Crippen LogP contribution in [-0.4, -0.2) is 28.3 Å². The summed E-state index contributed by atoms with van der Waals surface area (Å²) < 4.78 is 1.01. The van der Waals surface area contributed by atoms with Crippen molar-refractivity contribution < 1.29 is 9.59 Å². The van der Waals surface area contributed by atoms with Crippen molar-refractivity contribution in [3.05, 3.63) is 34.3 Å². The highest BCUT2D eigenvalue weighted by Crippen LogP contribution is 2.45. The van der Waals surface area contributed by atoms with Gasteiger partial charge in [0.05, 0.1) is 0 Å². The van der Waals surface area contributed by atoms with Crippen LogP contribution in [0.25, 0.3) is 0 Å². The van der Waals surface area contributed by atoms with Crippen LogP contribution < -0.4 is 5.32 Å². The van der Waals surface area contributed by atoms with Crippen molar-refractivity contribution in [1.82, 2.24) is 10.2 Å². The first-order valence-electron chi connectivity index (χ1n) is 7.30. The topological polar surface area (TPSA) is 49.4 Å². The molecule has 1 saturated heterocycles. The number of nitrogens with zero attached hydrogens (tertiary/aromatic N) is 1. The van der Waals surface area contributed by atoms with Gasteiger partial charge in [0.25, 0.3) is 0 Å².